The topological polar surface area (TPSA) is 73.6 Å². The molecule has 1 saturated heterocycles. The van der Waals surface area contributed by atoms with Crippen molar-refractivity contribution < 1.29 is 14.3 Å². The van der Waals surface area contributed by atoms with Crippen LogP contribution < -0.4 is 11.1 Å². The van der Waals surface area contributed by atoms with Crippen molar-refractivity contribution in [3.63, 3.8) is 0 Å². The first kappa shape index (κ1) is 15.1. The molecule has 1 aliphatic heterocycles. The highest BCUT2D eigenvalue weighted by molar-refractivity contribution is 6.34. The first-order valence-electron chi connectivity index (χ1n) is 6.65. The van der Waals surface area contributed by atoms with Crippen LogP contribution in [0.2, 0.25) is 5.02 Å². The van der Waals surface area contributed by atoms with Crippen LogP contribution in [0.15, 0.2) is 18.2 Å². The molecule has 1 fully saturated rings. The van der Waals surface area contributed by atoms with E-state index >= 15 is 0 Å². The molecule has 6 heteroatoms. The Balaban J connectivity index is 1.72. The number of carbonyl (C=O) groups is 1. The molecule has 1 heterocycles. The third-order valence-corrected chi connectivity index (χ3v) is 3.51. The predicted molar refractivity (Wildman–Crippen MR) is 78.9 cm³/mol. The van der Waals surface area contributed by atoms with Crippen molar-refractivity contribution in [1.29, 1.82) is 0 Å². The van der Waals surface area contributed by atoms with Gasteiger partial charge in [0, 0.05) is 18.9 Å². The molecule has 0 aliphatic carbocycles. The molecule has 0 saturated carbocycles. The van der Waals surface area contributed by atoms with Crippen molar-refractivity contribution in [3.8, 4) is 0 Å². The van der Waals surface area contributed by atoms with Crippen LogP contribution >= 0.6 is 11.6 Å². The molecule has 0 spiro atoms. The van der Waals surface area contributed by atoms with E-state index in [4.69, 9.17) is 26.8 Å². The van der Waals surface area contributed by atoms with Gasteiger partial charge < -0.3 is 20.5 Å². The summed E-state index contributed by atoms with van der Waals surface area (Å²) in [6.45, 7) is 2.17. The molecule has 0 radical (unpaired) electrons. The van der Waals surface area contributed by atoms with Gasteiger partial charge in [0.1, 0.15) is 6.61 Å². The minimum absolute atomic E-state index is 0.0259. The van der Waals surface area contributed by atoms with Gasteiger partial charge >= 0.3 is 0 Å². The molecular weight excluding hydrogens is 280 g/mol. The van der Waals surface area contributed by atoms with Crippen molar-refractivity contribution in [2.24, 2.45) is 5.92 Å². The average Bonchev–Trinajstić information content (AvgIpc) is 2.43. The number of ether oxygens (including phenoxy) is 2. The standard InChI is InChI=1S/C14H19ClN2O3/c15-12-7-11(16)1-2-13(12)17-14(18)9-20-8-10-3-5-19-6-4-10/h1-2,7,10H,3-6,8-9,16H2,(H,17,18). The van der Waals surface area contributed by atoms with Gasteiger partial charge in [-0.15, -0.1) is 0 Å². The number of nitrogen functional groups attached to an aromatic ring is 1. The molecule has 1 aliphatic rings. The van der Waals surface area contributed by atoms with Gasteiger partial charge in [0.2, 0.25) is 5.91 Å². The van der Waals surface area contributed by atoms with E-state index in [9.17, 15) is 4.79 Å². The minimum Gasteiger partial charge on any atom is -0.399 e. The zero-order valence-corrected chi connectivity index (χ0v) is 12.0. The smallest absolute Gasteiger partial charge is 0.250 e. The quantitative estimate of drug-likeness (QED) is 0.818. The molecule has 3 N–H and O–H groups in total. The van der Waals surface area contributed by atoms with Crippen LogP contribution in [0.1, 0.15) is 12.8 Å². The second kappa shape index (κ2) is 7.47. The number of rotatable bonds is 5. The molecular formula is C14H19ClN2O3. The lowest BCUT2D eigenvalue weighted by molar-refractivity contribution is -0.121. The van der Waals surface area contributed by atoms with Gasteiger partial charge in [-0.1, -0.05) is 11.6 Å². The van der Waals surface area contributed by atoms with Gasteiger partial charge in [-0.2, -0.15) is 0 Å². The summed E-state index contributed by atoms with van der Waals surface area (Å²) in [5.74, 6) is 0.264. The van der Waals surface area contributed by atoms with Crippen LogP contribution in [-0.4, -0.2) is 32.3 Å². The Morgan fingerprint density at radius 2 is 2.20 bits per heavy atom. The van der Waals surface area contributed by atoms with Gasteiger partial charge in [-0.3, -0.25) is 4.79 Å². The van der Waals surface area contributed by atoms with Crippen molar-refractivity contribution >= 4 is 28.9 Å². The van der Waals surface area contributed by atoms with E-state index < -0.39 is 0 Å². The zero-order chi connectivity index (χ0) is 14.4. The van der Waals surface area contributed by atoms with Crippen LogP contribution in [0.3, 0.4) is 0 Å². The summed E-state index contributed by atoms with van der Waals surface area (Å²) in [6.07, 6.45) is 1.98. The van der Waals surface area contributed by atoms with Gasteiger partial charge in [-0.05, 0) is 37.0 Å². The van der Waals surface area contributed by atoms with E-state index in [0.717, 1.165) is 26.1 Å². The molecule has 1 aromatic rings. The maximum atomic E-state index is 11.7. The lowest BCUT2D eigenvalue weighted by atomic mass is 10.0. The van der Waals surface area contributed by atoms with Crippen molar-refractivity contribution in [2.45, 2.75) is 12.8 Å². The molecule has 5 nitrogen and oxygen atoms in total. The summed E-state index contributed by atoms with van der Waals surface area (Å²) in [7, 11) is 0. The highest BCUT2D eigenvalue weighted by Gasteiger charge is 2.14. The number of anilines is 2. The van der Waals surface area contributed by atoms with Gasteiger partial charge in [0.05, 0.1) is 17.3 Å². The first-order chi connectivity index (χ1) is 9.65. The number of benzene rings is 1. The molecule has 0 bridgehead atoms. The maximum absolute atomic E-state index is 11.7. The Morgan fingerprint density at radius 1 is 1.45 bits per heavy atom. The molecule has 0 unspecified atom stereocenters. The molecule has 1 aromatic carbocycles. The molecule has 0 aromatic heterocycles. The summed E-state index contributed by atoms with van der Waals surface area (Å²) in [5, 5.41) is 3.12. The van der Waals surface area contributed by atoms with Gasteiger partial charge in [0.15, 0.2) is 0 Å². The fourth-order valence-corrected chi connectivity index (χ4v) is 2.29. The Kier molecular flexibility index (Phi) is 5.64. The minimum atomic E-state index is -0.219. The van der Waals surface area contributed by atoms with Crippen LogP contribution in [0.25, 0.3) is 0 Å². The summed E-state index contributed by atoms with van der Waals surface area (Å²) >= 11 is 5.98. The summed E-state index contributed by atoms with van der Waals surface area (Å²) < 4.78 is 10.7. The van der Waals surface area contributed by atoms with E-state index in [1.807, 2.05) is 0 Å². The second-order valence-electron chi connectivity index (χ2n) is 4.86. The molecule has 0 atom stereocenters. The zero-order valence-electron chi connectivity index (χ0n) is 11.2. The predicted octanol–water partition coefficient (Wildman–Crippen LogP) is 2.30. The molecule has 20 heavy (non-hydrogen) atoms. The first-order valence-corrected chi connectivity index (χ1v) is 7.03. The average molecular weight is 299 g/mol. The van der Waals surface area contributed by atoms with Crippen LogP contribution in [0.4, 0.5) is 11.4 Å². The number of carbonyl (C=O) groups excluding carboxylic acids is 1. The Morgan fingerprint density at radius 3 is 2.90 bits per heavy atom. The Hall–Kier alpha value is -1.30. The fraction of sp³-hybridized carbons (Fsp3) is 0.500. The van der Waals surface area contributed by atoms with E-state index in [0.29, 0.717) is 28.9 Å². The third kappa shape index (κ3) is 4.67. The Bertz CT molecular complexity index is 462. The number of nitrogens with two attached hydrogens (primary N) is 1. The normalized spacial score (nSPS) is 16.1. The van der Waals surface area contributed by atoms with Crippen molar-refractivity contribution in [2.75, 3.05) is 37.5 Å². The highest BCUT2D eigenvalue weighted by Crippen LogP contribution is 2.23. The van der Waals surface area contributed by atoms with Gasteiger partial charge in [0.25, 0.3) is 0 Å². The lowest BCUT2D eigenvalue weighted by Crippen LogP contribution is -2.24. The summed E-state index contributed by atoms with van der Waals surface area (Å²) in [4.78, 5) is 11.7. The summed E-state index contributed by atoms with van der Waals surface area (Å²) in [5.41, 5.74) is 6.69. The molecule has 110 valence electrons. The maximum Gasteiger partial charge on any atom is 0.250 e. The van der Waals surface area contributed by atoms with Crippen molar-refractivity contribution in [3.05, 3.63) is 23.2 Å². The number of hydrogen-bond acceptors (Lipinski definition) is 4. The SMILES string of the molecule is Nc1ccc(NC(=O)COCC2CCOCC2)c(Cl)c1. The van der Waals surface area contributed by atoms with E-state index in [1.165, 1.54) is 0 Å². The second-order valence-corrected chi connectivity index (χ2v) is 5.27. The van der Waals surface area contributed by atoms with E-state index in [2.05, 4.69) is 5.32 Å². The highest BCUT2D eigenvalue weighted by atomic mass is 35.5. The van der Waals surface area contributed by atoms with Crippen molar-refractivity contribution in [1.82, 2.24) is 0 Å². The van der Waals surface area contributed by atoms with E-state index in [1.54, 1.807) is 18.2 Å². The molecule has 2 rings (SSSR count). The number of amides is 1. The largest absolute Gasteiger partial charge is 0.399 e. The third-order valence-electron chi connectivity index (χ3n) is 3.19. The van der Waals surface area contributed by atoms with E-state index in [-0.39, 0.29) is 12.5 Å². The Labute approximate surface area is 123 Å². The lowest BCUT2D eigenvalue weighted by Gasteiger charge is -2.21. The van der Waals surface area contributed by atoms with Crippen LogP contribution in [0.5, 0.6) is 0 Å². The molecule has 1 amide bonds. The van der Waals surface area contributed by atoms with Crippen LogP contribution in [0, 0.1) is 5.92 Å². The fourth-order valence-electron chi connectivity index (χ4n) is 2.05. The number of halogens is 1. The number of nitrogens with one attached hydrogen (secondary N) is 1. The monoisotopic (exact) mass is 298 g/mol. The summed E-state index contributed by atoms with van der Waals surface area (Å²) in [6, 6.07) is 4.96. The van der Waals surface area contributed by atoms with Crippen LogP contribution in [-0.2, 0) is 14.3 Å². The van der Waals surface area contributed by atoms with Gasteiger partial charge in [-0.25, -0.2) is 0 Å². The number of hydrogen-bond donors (Lipinski definition) is 2.